The monoisotopic (exact) mass is 361 g/mol. The van der Waals surface area contributed by atoms with E-state index >= 15 is 0 Å². The number of para-hydroxylation sites is 1. The molecule has 0 unspecified atom stereocenters. The van der Waals surface area contributed by atoms with Crippen molar-refractivity contribution in [3.63, 3.8) is 0 Å². The number of imidazole rings is 1. The van der Waals surface area contributed by atoms with Crippen LogP contribution in [0.5, 0.6) is 0 Å². The average Bonchev–Trinajstić information content (AvgIpc) is 3.04. The van der Waals surface area contributed by atoms with E-state index < -0.39 is 0 Å². The van der Waals surface area contributed by atoms with Gasteiger partial charge in [-0.25, -0.2) is 4.98 Å². The van der Waals surface area contributed by atoms with Crippen LogP contribution in [-0.2, 0) is 4.74 Å². The molecule has 0 aliphatic rings. The Labute approximate surface area is 156 Å². The number of rotatable bonds is 5. The topological polar surface area (TPSA) is 81.9 Å². The summed E-state index contributed by atoms with van der Waals surface area (Å²) in [4.78, 5) is 17.0. The normalized spacial score (nSPS) is 11.2. The predicted octanol–water partition coefficient (Wildman–Crippen LogP) is 2.65. The molecule has 27 heavy (non-hydrogen) atoms. The van der Waals surface area contributed by atoms with Gasteiger partial charge in [0, 0.05) is 30.3 Å². The first-order chi connectivity index (χ1) is 13.2. The van der Waals surface area contributed by atoms with Gasteiger partial charge >= 0.3 is 0 Å². The highest BCUT2D eigenvalue weighted by Gasteiger charge is 2.16. The molecule has 136 valence electrons. The Morgan fingerprint density at radius 1 is 1.15 bits per heavy atom. The summed E-state index contributed by atoms with van der Waals surface area (Å²) in [5.74, 6) is 0.661. The maximum Gasteiger partial charge on any atom is 0.251 e. The zero-order valence-corrected chi connectivity index (χ0v) is 15.1. The molecule has 2 heterocycles. The van der Waals surface area contributed by atoms with Gasteiger partial charge in [0.2, 0.25) is 5.65 Å². The molecule has 0 radical (unpaired) electrons. The second-order valence-electron chi connectivity index (χ2n) is 6.18. The van der Waals surface area contributed by atoms with E-state index in [0.29, 0.717) is 29.9 Å². The Morgan fingerprint density at radius 2 is 1.96 bits per heavy atom. The number of carbonyl (C=O) groups excluding carboxylic acids is 1. The average molecular weight is 361 g/mol. The van der Waals surface area contributed by atoms with E-state index in [1.54, 1.807) is 13.2 Å². The van der Waals surface area contributed by atoms with Crippen LogP contribution in [0.15, 0.2) is 48.5 Å². The molecule has 0 spiro atoms. The third kappa shape index (κ3) is 3.13. The van der Waals surface area contributed by atoms with Gasteiger partial charge < -0.3 is 10.1 Å². The Morgan fingerprint density at radius 3 is 2.74 bits per heavy atom. The lowest BCUT2D eigenvalue weighted by atomic mass is 10.1. The number of carbonyl (C=O) groups is 1. The Balaban J connectivity index is 1.89. The van der Waals surface area contributed by atoms with Crippen molar-refractivity contribution in [2.24, 2.45) is 0 Å². The van der Waals surface area contributed by atoms with E-state index in [2.05, 4.69) is 20.5 Å². The van der Waals surface area contributed by atoms with Crippen LogP contribution in [0.1, 0.15) is 16.2 Å². The van der Waals surface area contributed by atoms with Crippen molar-refractivity contribution < 1.29 is 9.53 Å². The van der Waals surface area contributed by atoms with E-state index in [1.165, 1.54) is 0 Å². The number of methoxy groups -OCH3 is 1. The van der Waals surface area contributed by atoms with Crippen LogP contribution in [0, 0.1) is 6.92 Å². The highest BCUT2D eigenvalue weighted by atomic mass is 16.5. The minimum absolute atomic E-state index is 0.151. The van der Waals surface area contributed by atoms with Crippen molar-refractivity contribution in [2.45, 2.75) is 6.92 Å². The number of benzene rings is 2. The van der Waals surface area contributed by atoms with Gasteiger partial charge in [-0.1, -0.05) is 18.2 Å². The molecule has 2 aromatic heterocycles. The van der Waals surface area contributed by atoms with Gasteiger partial charge in [0.15, 0.2) is 0 Å². The highest BCUT2D eigenvalue weighted by Crippen LogP contribution is 2.27. The van der Waals surface area contributed by atoms with Crippen LogP contribution in [0.2, 0.25) is 0 Å². The summed E-state index contributed by atoms with van der Waals surface area (Å²) in [7, 11) is 1.60. The minimum atomic E-state index is -0.151. The van der Waals surface area contributed by atoms with Crippen molar-refractivity contribution in [3.8, 4) is 5.69 Å². The van der Waals surface area contributed by atoms with Gasteiger partial charge in [0.1, 0.15) is 11.3 Å². The second kappa shape index (κ2) is 7.13. The van der Waals surface area contributed by atoms with Crippen molar-refractivity contribution in [3.05, 3.63) is 59.9 Å². The first-order valence-electron chi connectivity index (χ1n) is 8.67. The molecule has 7 nitrogen and oxygen atoms in total. The number of aryl methyl sites for hydroxylation is 1. The SMILES string of the molecule is COCCNC(=O)c1ccc2nnc3nc(C)n(-c4ccccc4)c3c2c1. The fraction of sp³-hybridized carbons (Fsp3) is 0.200. The first kappa shape index (κ1) is 17.1. The Bertz CT molecular complexity index is 1120. The van der Waals surface area contributed by atoms with Gasteiger partial charge in [-0.2, -0.15) is 0 Å². The largest absolute Gasteiger partial charge is 0.383 e. The lowest BCUT2D eigenvalue weighted by Gasteiger charge is -2.09. The van der Waals surface area contributed by atoms with Crippen LogP contribution in [0.3, 0.4) is 0 Å². The van der Waals surface area contributed by atoms with Gasteiger partial charge in [0.25, 0.3) is 5.91 Å². The molecule has 0 atom stereocenters. The summed E-state index contributed by atoms with van der Waals surface area (Å²) < 4.78 is 7.02. The molecule has 4 aromatic rings. The maximum absolute atomic E-state index is 12.4. The number of hydrogen-bond acceptors (Lipinski definition) is 5. The molecular formula is C20H19N5O2. The van der Waals surface area contributed by atoms with Gasteiger partial charge in [-0.05, 0) is 37.3 Å². The molecule has 7 heteroatoms. The number of nitrogens with one attached hydrogen (secondary N) is 1. The number of aromatic nitrogens is 4. The smallest absolute Gasteiger partial charge is 0.251 e. The Hall–Kier alpha value is -3.32. The van der Waals surface area contributed by atoms with E-state index in [4.69, 9.17) is 4.74 Å². The molecule has 1 N–H and O–H groups in total. The molecule has 0 bridgehead atoms. The number of fused-ring (bicyclic) bond motifs is 3. The third-order valence-electron chi connectivity index (χ3n) is 4.40. The number of amides is 1. The van der Waals surface area contributed by atoms with E-state index in [9.17, 15) is 4.79 Å². The maximum atomic E-state index is 12.4. The summed E-state index contributed by atoms with van der Waals surface area (Å²) >= 11 is 0. The predicted molar refractivity (Wildman–Crippen MR) is 103 cm³/mol. The zero-order chi connectivity index (χ0) is 18.8. The summed E-state index contributed by atoms with van der Waals surface area (Å²) in [6.07, 6.45) is 0. The van der Waals surface area contributed by atoms with Crippen LogP contribution in [-0.4, -0.2) is 45.9 Å². The van der Waals surface area contributed by atoms with Gasteiger partial charge in [-0.3, -0.25) is 9.36 Å². The minimum Gasteiger partial charge on any atom is -0.383 e. The van der Waals surface area contributed by atoms with Crippen LogP contribution < -0.4 is 5.32 Å². The van der Waals surface area contributed by atoms with E-state index in [-0.39, 0.29) is 5.91 Å². The van der Waals surface area contributed by atoms with Crippen molar-refractivity contribution >= 4 is 28.0 Å². The molecule has 4 rings (SSSR count). The standard InChI is InChI=1S/C20H19N5O2/c1-13-22-19-18(25(13)15-6-4-3-5-7-15)16-12-14(8-9-17(16)23-24-19)20(26)21-10-11-27-2/h3-9,12H,10-11H2,1-2H3,(H,21,26). The molecule has 0 saturated carbocycles. The summed E-state index contributed by atoms with van der Waals surface area (Å²) in [6.45, 7) is 2.86. The molecule has 1 amide bonds. The number of ether oxygens (including phenoxy) is 1. The fourth-order valence-corrected chi connectivity index (χ4v) is 3.15. The van der Waals surface area contributed by atoms with Crippen molar-refractivity contribution in [2.75, 3.05) is 20.3 Å². The van der Waals surface area contributed by atoms with Crippen LogP contribution in [0.4, 0.5) is 0 Å². The van der Waals surface area contributed by atoms with E-state index in [0.717, 1.165) is 22.4 Å². The second-order valence-corrected chi connectivity index (χ2v) is 6.18. The van der Waals surface area contributed by atoms with E-state index in [1.807, 2.05) is 54.0 Å². The summed E-state index contributed by atoms with van der Waals surface area (Å²) in [5, 5.41) is 12.2. The third-order valence-corrected chi connectivity index (χ3v) is 4.40. The molecular weight excluding hydrogens is 342 g/mol. The van der Waals surface area contributed by atoms with Crippen LogP contribution in [0.25, 0.3) is 27.8 Å². The highest BCUT2D eigenvalue weighted by molar-refractivity contribution is 6.05. The lowest BCUT2D eigenvalue weighted by Crippen LogP contribution is -2.26. The molecule has 0 saturated heterocycles. The summed E-state index contributed by atoms with van der Waals surface area (Å²) in [5.41, 5.74) is 3.66. The molecule has 0 fully saturated rings. The zero-order valence-electron chi connectivity index (χ0n) is 15.1. The van der Waals surface area contributed by atoms with Crippen molar-refractivity contribution in [1.29, 1.82) is 0 Å². The number of hydrogen-bond donors (Lipinski definition) is 1. The van der Waals surface area contributed by atoms with Crippen LogP contribution >= 0.6 is 0 Å². The van der Waals surface area contributed by atoms with Crippen molar-refractivity contribution in [1.82, 2.24) is 25.1 Å². The summed E-state index contributed by atoms with van der Waals surface area (Å²) in [6, 6.07) is 15.4. The first-order valence-corrected chi connectivity index (χ1v) is 8.67. The molecule has 0 aliphatic heterocycles. The number of nitrogens with zero attached hydrogens (tertiary/aromatic N) is 4. The van der Waals surface area contributed by atoms with Gasteiger partial charge in [0.05, 0.1) is 12.1 Å². The Kier molecular flexibility index (Phi) is 4.52. The molecule has 2 aromatic carbocycles. The van der Waals surface area contributed by atoms with Gasteiger partial charge in [-0.15, -0.1) is 10.2 Å². The molecule has 0 aliphatic carbocycles. The lowest BCUT2D eigenvalue weighted by molar-refractivity contribution is 0.0937. The quantitative estimate of drug-likeness (QED) is 0.553. The fourth-order valence-electron chi connectivity index (χ4n) is 3.15.